The normalized spacial score (nSPS) is 21.7. The van der Waals surface area contributed by atoms with Gasteiger partial charge in [0.05, 0.1) is 0 Å². The summed E-state index contributed by atoms with van der Waals surface area (Å²) in [6.07, 6.45) is 6.84. The molecule has 1 aliphatic carbocycles. The number of nitriles is 1. The van der Waals surface area contributed by atoms with Crippen molar-refractivity contribution in [1.29, 1.82) is 5.26 Å². The number of hydrogen-bond donors (Lipinski definition) is 1. The van der Waals surface area contributed by atoms with E-state index in [9.17, 15) is 5.26 Å². The van der Waals surface area contributed by atoms with Crippen LogP contribution in [0.5, 0.6) is 5.88 Å². The monoisotopic (exact) mass is 257 g/mol. The van der Waals surface area contributed by atoms with Crippen LogP contribution in [0.2, 0.25) is 0 Å². The molecule has 0 aromatic carbocycles. The van der Waals surface area contributed by atoms with Crippen molar-refractivity contribution in [3.8, 4) is 11.9 Å². The number of piperidine rings is 1. The molecule has 1 N–H and O–H groups in total. The summed E-state index contributed by atoms with van der Waals surface area (Å²) in [5.41, 5.74) is 2.92. The highest BCUT2D eigenvalue weighted by molar-refractivity contribution is 5.44. The van der Waals surface area contributed by atoms with Gasteiger partial charge in [-0.25, -0.2) is 4.98 Å². The van der Waals surface area contributed by atoms with Gasteiger partial charge in [-0.15, -0.1) is 0 Å². The Hall–Kier alpha value is -1.60. The highest BCUT2D eigenvalue weighted by atomic mass is 16.5. The van der Waals surface area contributed by atoms with Crippen LogP contribution < -0.4 is 10.1 Å². The maximum absolute atomic E-state index is 9.20. The first-order chi connectivity index (χ1) is 9.36. The smallest absolute Gasteiger partial charge is 0.231 e. The largest absolute Gasteiger partial charge is 0.475 e. The Balaban J connectivity index is 1.71. The van der Waals surface area contributed by atoms with E-state index in [-0.39, 0.29) is 0 Å². The van der Waals surface area contributed by atoms with E-state index >= 15 is 0 Å². The van der Waals surface area contributed by atoms with Gasteiger partial charge in [-0.1, -0.05) is 6.42 Å². The third kappa shape index (κ3) is 2.71. The summed E-state index contributed by atoms with van der Waals surface area (Å²) in [5, 5.41) is 12.6. The predicted molar refractivity (Wildman–Crippen MR) is 72.1 cm³/mol. The Kier molecular flexibility index (Phi) is 3.65. The zero-order valence-corrected chi connectivity index (χ0v) is 11.1. The van der Waals surface area contributed by atoms with Gasteiger partial charge in [0, 0.05) is 11.7 Å². The summed E-state index contributed by atoms with van der Waals surface area (Å²) in [5.74, 6) is 0.524. The summed E-state index contributed by atoms with van der Waals surface area (Å²) in [6, 6.07) is 4.56. The van der Waals surface area contributed by atoms with Crippen molar-refractivity contribution in [1.82, 2.24) is 10.3 Å². The van der Waals surface area contributed by atoms with E-state index in [4.69, 9.17) is 4.74 Å². The lowest BCUT2D eigenvalue weighted by Crippen LogP contribution is -2.38. The van der Waals surface area contributed by atoms with E-state index in [0.717, 1.165) is 37.9 Å². The zero-order valence-electron chi connectivity index (χ0n) is 11.1. The zero-order chi connectivity index (χ0) is 13.1. The van der Waals surface area contributed by atoms with E-state index in [0.29, 0.717) is 24.1 Å². The molecule has 19 heavy (non-hydrogen) atoms. The highest BCUT2D eigenvalue weighted by Gasteiger charge is 2.19. The van der Waals surface area contributed by atoms with Gasteiger partial charge >= 0.3 is 0 Å². The molecule has 4 nitrogen and oxygen atoms in total. The Morgan fingerprint density at radius 1 is 1.37 bits per heavy atom. The Labute approximate surface area is 113 Å². The van der Waals surface area contributed by atoms with Gasteiger partial charge < -0.3 is 10.1 Å². The van der Waals surface area contributed by atoms with Gasteiger partial charge in [0.15, 0.2) is 0 Å². The SMILES string of the molecule is N#Cc1cc2c(nc1OCC1CCCCN1)CCC2. The van der Waals surface area contributed by atoms with Crippen molar-refractivity contribution in [2.75, 3.05) is 13.2 Å². The lowest BCUT2D eigenvalue weighted by Gasteiger charge is -2.23. The Morgan fingerprint density at radius 3 is 3.11 bits per heavy atom. The van der Waals surface area contributed by atoms with Gasteiger partial charge in [0.1, 0.15) is 18.2 Å². The quantitative estimate of drug-likeness (QED) is 0.899. The number of fused-ring (bicyclic) bond motifs is 1. The molecule has 1 saturated heterocycles. The molecule has 4 heteroatoms. The Morgan fingerprint density at radius 2 is 2.32 bits per heavy atom. The van der Waals surface area contributed by atoms with E-state index in [1.807, 2.05) is 6.07 Å². The van der Waals surface area contributed by atoms with Crippen LogP contribution in [0.15, 0.2) is 6.07 Å². The third-order valence-electron chi connectivity index (χ3n) is 3.97. The summed E-state index contributed by atoms with van der Waals surface area (Å²) < 4.78 is 5.80. The molecular weight excluding hydrogens is 238 g/mol. The van der Waals surface area contributed by atoms with Crippen molar-refractivity contribution in [3.63, 3.8) is 0 Å². The van der Waals surface area contributed by atoms with Gasteiger partial charge in [-0.05, 0) is 50.3 Å². The predicted octanol–water partition coefficient (Wildman–Crippen LogP) is 1.96. The lowest BCUT2D eigenvalue weighted by atomic mass is 10.1. The number of rotatable bonds is 3. The maximum atomic E-state index is 9.20. The van der Waals surface area contributed by atoms with Gasteiger partial charge in [0.2, 0.25) is 5.88 Å². The van der Waals surface area contributed by atoms with E-state index in [2.05, 4.69) is 16.4 Å². The third-order valence-corrected chi connectivity index (χ3v) is 3.97. The average molecular weight is 257 g/mol. The molecule has 2 heterocycles. The van der Waals surface area contributed by atoms with Crippen molar-refractivity contribution in [2.24, 2.45) is 0 Å². The molecule has 0 amide bonds. The van der Waals surface area contributed by atoms with Crippen LogP contribution in [0.4, 0.5) is 0 Å². The molecule has 0 radical (unpaired) electrons. The molecule has 2 aliphatic rings. The first-order valence-electron chi connectivity index (χ1n) is 7.16. The first kappa shape index (κ1) is 12.4. The van der Waals surface area contributed by atoms with Crippen molar-refractivity contribution >= 4 is 0 Å². The van der Waals surface area contributed by atoms with Gasteiger partial charge in [-0.3, -0.25) is 0 Å². The van der Waals surface area contributed by atoms with Crippen LogP contribution in [0.1, 0.15) is 42.5 Å². The molecule has 3 rings (SSSR count). The fraction of sp³-hybridized carbons (Fsp3) is 0.600. The second-order valence-electron chi connectivity index (χ2n) is 5.37. The number of hydrogen-bond acceptors (Lipinski definition) is 4. The van der Waals surface area contributed by atoms with E-state index in [1.54, 1.807) is 0 Å². The molecule has 0 spiro atoms. The highest BCUT2D eigenvalue weighted by Crippen LogP contribution is 2.26. The molecule has 1 unspecified atom stereocenters. The lowest BCUT2D eigenvalue weighted by molar-refractivity contribution is 0.231. The molecule has 1 aromatic rings. The molecule has 0 bridgehead atoms. The van der Waals surface area contributed by atoms with Crippen molar-refractivity contribution in [3.05, 3.63) is 22.9 Å². The number of pyridine rings is 1. The topological polar surface area (TPSA) is 57.9 Å². The summed E-state index contributed by atoms with van der Waals surface area (Å²) in [7, 11) is 0. The molecule has 1 fully saturated rings. The van der Waals surface area contributed by atoms with E-state index in [1.165, 1.54) is 18.4 Å². The van der Waals surface area contributed by atoms with E-state index < -0.39 is 0 Å². The summed E-state index contributed by atoms with van der Waals surface area (Å²) >= 11 is 0. The number of nitrogens with one attached hydrogen (secondary N) is 1. The van der Waals surface area contributed by atoms with Crippen LogP contribution in [0.25, 0.3) is 0 Å². The minimum Gasteiger partial charge on any atom is -0.475 e. The molecule has 1 atom stereocenters. The van der Waals surface area contributed by atoms with Crippen LogP contribution in [-0.4, -0.2) is 24.2 Å². The van der Waals surface area contributed by atoms with Crippen molar-refractivity contribution in [2.45, 2.75) is 44.6 Å². The minimum atomic E-state index is 0.398. The average Bonchev–Trinajstić information content (AvgIpc) is 2.92. The summed E-state index contributed by atoms with van der Waals surface area (Å²) in [4.78, 5) is 4.54. The first-order valence-corrected chi connectivity index (χ1v) is 7.16. The molecular formula is C15H19N3O. The molecule has 100 valence electrons. The molecule has 1 aromatic heterocycles. The van der Waals surface area contributed by atoms with Crippen LogP contribution >= 0.6 is 0 Å². The number of aromatic nitrogens is 1. The van der Waals surface area contributed by atoms with Crippen LogP contribution in [-0.2, 0) is 12.8 Å². The van der Waals surface area contributed by atoms with Crippen LogP contribution in [0.3, 0.4) is 0 Å². The molecule has 1 aliphatic heterocycles. The standard InChI is InChI=1S/C15H19N3O/c16-9-12-8-11-4-3-6-14(11)18-15(12)19-10-13-5-1-2-7-17-13/h8,13,17H,1-7,10H2. The molecule has 0 saturated carbocycles. The minimum absolute atomic E-state index is 0.398. The number of ether oxygens (including phenoxy) is 1. The fourth-order valence-corrected chi connectivity index (χ4v) is 2.89. The number of aryl methyl sites for hydroxylation is 2. The van der Waals surface area contributed by atoms with Crippen LogP contribution in [0, 0.1) is 11.3 Å². The maximum Gasteiger partial charge on any atom is 0.231 e. The second kappa shape index (κ2) is 5.58. The number of nitrogens with zero attached hydrogens (tertiary/aromatic N) is 2. The van der Waals surface area contributed by atoms with Crippen molar-refractivity contribution < 1.29 is 4.74 Å². The summed E-state index contributed by atoms with van der Waals surface area (Å²) in [6.45, 7) is 1.68. The fourth-order valence-electron chi connectivity index (χ4n) is 2.89. The van der Waals surface area contributed by atoms with Gasteiger partial charge in [0.25, 0.3) is 0 Å². The Bertz CT molecular complexity index is 501. The second-order valence-corrected chi connectivity index (χ2v) is 5.37. The van der Waals surface area contributed by atoms with Gasteiger partial charge in [-0.2, -0.15) is 5.26 Å².